The Balaban J connectivity index is 1.63. The summed E-state index contributed by atoms with van der Waals surface area (Å²) in [7, 11) is -3.64. The molecule has 9 nitrogen and oxygen atoms in total. The van der Waals surface area contributed by atoms with Gasteiger partial charge in [-0.1, -0.05) is 12.5 Å². The molecule has 0 bridgehead atoms. The van der Waals surface area contributed by atoms with Crippen molar-refractivity contribution in [3.05, 3.63) is 42.4 Å². The number of rotatable bonds is 7. The van der Waals surface area contributed by atoms with Crippen molar-refractivity contribution in [3.8, 4) is 0 Å². The molecule has 1 amide bonds. The Labute approximate surface area is 169 Å². The van der Waals surface area contributed by atoms with Gasteiger partial charge in [-0.25, -0.2) is 18.2 Å². The minimum absolute atomic E-state index is 0.0588. The highest BCUT2D eigenvalue weighted by atomic mass is 32.2. The molecule has 1 aromatic heterocycles. The predicted octanol–water partition coefficient (Wildman–Crippen LogP) is 1.87. The van der Waals surface area contributed by atoms with Crippen LogP contribution >= 0.6 is 0 Å². The number of hydrogen-bond acceptors (Lipinski definition) is 6. The Morgan fingerprint density at radius 2 is 1.97 bits per heavy atom. The van der Waals surface area contributed by atoms with Crippen LogP contribution in [0.1, 0.15) is 36.5 Å². The molecule has 1 aliphatic heterocycles. The first-order chi connectivity index (χ1) is 13.9. The van der Waals surface area contributed by atoms with Gasteiger partial charge in [-0.2, -0.15) is 4.31 Å². The average Bonchev–Trinajstić information content (AvgIpc) is 3.18. The molecular weight excluding hydrogens is 396 g/mol. The van der Waals surface area contributed by atoms with Crippen molar-refractivity contribution >= 4 is 27.6 Å². The highest BCUT2D eigenvalue weighted by molar-refractivity contribution is 7.89. The molecule has 1 aromatic carbocycles. The van der Waals surface area contributed by atoms with Gasteiger partial charge in [0.05, 0.1) is 18.5 Å². The van der Waals surface area contributed by atoms with Gasteiger partial charge in [0.25, 0.3) is 10.0 Å². The van der Waals surface area contributed by atoms with Crippen LogP contribution in [0.4, 0.5) is 5.69 Å². The summed E-state index contributed by atoms with van der Waals surface area (Å²) in [5.74, 6) is -0.837. The van der Waals surface area contributed by atoms with Gasteiger partial charge in [-0.3, -0.25) is 4.79 Å². The topological polar surface area (TPSA) is 111 Å². The number of hydrogen-bond donors (Lipinski definition) is 1. The maximum absolute atomic E-state index is 12.6. The van der Waals surface area contributed by atoms with Crippen molar-refractivity contribution in [2.45, 2.75) is 37.8 Å². The van der Waals surface area contributed by atoms with Crippen molar-refractivity contribution in [2.75, 3.05) is 25.0 Å². The molecule has 1 saturated heterocycles. The van der Waals surface area contributed by atoms with E-state index in [1.165, 1.54) is 27.5 Å². The SMILES string of the molecule is CCOC(=O)c1cccc(NC(=O)Cn2cnc(S(=O)(=O)N3CCCCC3)c2)c1. The minimum atomic E-state index is -3.64. The number of ether oxygens (including phenoxy) is 1. The highest BCUT2D eigenvalue weighted by Crippen LogP contribution is 2.19. The van der Waals surface area contributed by atoms with E-state index in [2.05, 4.69) is 10.3 Å². The molecule has 29 heavy (non-hydrogen) atoms. The van der Waals surface area contributed by atoms with E-state index < -0.39 is 16.0 Å². The van der Waals surface area contributed by atoms with Crippen molar-refractivity contribution in [1.29, 1.82) is 0 Å². The number of nitrogens with one attached hydrogen (secondary N) is 1. The Morgan fingerprint density at radius 1 is 1.21 bits per heavy atom. The Kier molecular flexibility index (Phi) is 6.65. The summed E-state index contributed by atoms with van der Waals surface area (Å²) in [5.41, 5.74) is 0.782. The van der Waals surface area contributed by atoms with Crippen LogP contribution in [-0.4, -0.2) is 53.8 Å². The van der Waals surface area contributed by atoms with Gasteiger partial charge in [-0.15, -0.1) is 0 Å². The molecule has 0 radical (unpaired) electrons. The molecule has 0 unspecified atom stereocenters. The van der Waals surface area contributed by atoms with Crippen LogP contribution in [0.15, 0.2) is 41.8 Å². The van der Waals surface area contributed by atoms with E-state index in [0.717, 1.165) is 19.3 Å². The second-order valence-corrected chi connectivity index (χ2v) is 8.58. The summed E-state index contributed by atoms with van der Waals surface area (Å²) in [4.78, 5) is 28.1. The molecule has 3 rings (SSSR count). The van der Waals surface area contributed by atoms with Crippen LogP contribution in [0.25, 0.3) is 0 Å². The molecule has 0 atom stereocenters. The van der Waals surface area contributed by atoms with Gasteiger partial charge in [0, 0.05) is 25.0 Å². The summed E-state index contributed by atoms with van der Waals surface area (Å²) in [5, 5.41) is 2.63. The summed E-state index contributed by atoms with van der Waals surface area (Å²) in [6.45, 7) is 2.86. The van der Waals surface area contributed by atoms with E-state index in [4.69, 9.17) is 4.74 Å². The second kappa shape index (κ2) is 9.19. The van der Waals surface area contributed by atoms with E-state index in [1.807, 2.05) is 0 Å². The quantitative estimate of drug-likeness (QED) is 0.685. The van der Waals surface area contributed by atoms with E-state index in [1.54, 1.807) is 25.1 Å². The van der Waals surface area contributed by atoms with Crippen LogP contribution in [0.3, 0.4) is 0 Å². The largest absolute Gasteiger partial charge is 0.462 e. The first-order valence-electron chi connectivity index (χ1n) is 9.49. The van der Waals surface area contributed by atoms with E-state index in [0.29, 0.717) is 24.3 Å². The van der Waals surface area contributed by atoms with Crippen molar-refractivity contribution in [3.63, 3.8) is 0 Å². The maximum atomic E-state index is 12.6. The number of carbonyl (C=O) groups is 2. The number of carbonyl (C=O) groups excluding carboxylic acids is 2. The van der Waals surface area contributed by atoms with Crippen LogP contribution in [0.2, 0.25) is 0 Å². The highest BCUT2D eigenvalue weighted by Gasteiger charge is 2.28. The number of benzene rings is 1. The lowest BCUT2D eigenvalue weighted by Crippen LogP contribution is -2.35. The number of sulfonamides is 1. The molecule has 1 N–H and O–H groups in total. The van der Waals surface area contributed by atoms with Gasteiger partial charge in [-0.05, 0) is 38.0 Å². The third kappa shape index (κ3) is 5.21. The lowest BCUT2D eigenvalue weighted by molar-refractivity contribution is -0.116. The third-order valence-corrected chi connectivity index (χ3v) is 6.30. The molecule has 0 saturated carbocycles. The van der Waals surface area contributed by atoms with Crippen LogP contribution < -0.4 is 5.32 Å². The smallest absolute Gasteiger partial charge is 0.338 e. The predicted molar refractivity (Wildman–Crippen MR) is 106 cm³/mol. The molecule has 1 aliphatic rings. The normalized spacial score (nSPS) is 15.1. The summed E-state index contributed by atoms with van der Waals surface area (Å²) in [6.07, 6.45) is 5.39. The number of aromatic nitrogens is 2. The summed E-state index contributed by atoms with van der Waals surface area (Å²) in [6, 6.07) is 6.42. The molecule has 0 spiro atoms. The third-order valence-electron chi connectivity index (χ3n) is 4.51. The zero-order chi connectivity index (χ0) is 20.9. The Morgan fingerprint density at radius 3 is 2.69 bits per heavy atom. The molecule has 2 heterocycles. The summed E-state index contributed by atoms with van der Waals surface area (Å²) >= 11 is 0. The molecule has 0 aliphatic carbocycles. The number of amides is 1. The van der Waals surface area contributed by atoms with E-state index in [-0.39, 0.29) is 24.1 Å². The van der Waals surface area contributed by atoms with Gasteiger partial charge in [0.1, 0.15) is 6.54 Å². The van der Waals surface area contributed by atoms with Crippen molar-refractivity contribution in [2.24, 2.45) is 0 Å². The first kappa shape index (κ1) is 21.0. The number of imidazole rings is 1. The second-order valence-electron chi connectivity index (χ2n) is 6.70. The number of esters is 1. The fraction of sp³-hybridized carbons (Fsp3) is 0.421. The van der Waals surface area contributed by atoms with E-state index in [9.17, 15) is 18.0 Å². The Hall–Kier alpha value is -2.72. The van der Waals surface area contributed by atoms with Crippen molar-refractivity contribution < 1.29 is 22.7 Å². The lowest BCUT2D eigenvalue weighted by atomic mass is 10.2. The molecule has 156 valence electrons. The standard InChI is InChI=1S/C19H24N4O5S/c1-2-28-19(25)15-7-6-8-16(11-15)21-17(24)12-22-13-18(20-14-22)29(26,27)23-9-4-3-5-10-23/h6-8,11,13-14H,2-5,9-10,12H2,1H3,(H,21,24). The number of anilines is 1. The fourth-order valence-corrected chi connectivity index (χ4v) is 4.55. The Bertz CT molecular complexity index is 980. The van der Waals surface area contributed by atoms with Gasteiger partial charge in [0.2, 0.25) is 5.91 Å². The summed E-state index contributed by atoms with van der Waals surface area (Å²) < 4.78 is 33.1. The zero-order valence-corrected chi connectivity index (χ0v) is 17.0. The van der Waals surface area contributed by atoms with Crippen LogP contribution in [0, 0.1) is 0 Å². The maximum Gasteiger partial charge on any atom is 0.338 e. The van der Waals surface area contributed by atoms with Gasteiger partial charge >= 0.3 is 5.97 Å². The minimum Gasteiger partial charge on any atom is -0.462 e. The number of piperidine rings is 1. The van der Waals surface area contributed by atoms with E-state index >= 15 is 0 Å². The van der Waals surface area contributed by atoms with Crippen LogP contribution in [0.5, 0.6) is 0 Å². The molecule has 1 fully saturated rings. The van der Waals surface area contributed by atoms with Gasteiger partial charge < -0.3 is 14.6 Å². The zero-order valence-electron chi connectivity index (χ0n) is 16.2. The molecular formula is C19H24N4O5S. The first-order valence-corrected chi connectivity index (χ1v) is 10.9. The van der Waals surface area contributed by atoms with Crippen LogP contribution in [-0.2, 0) is 26.1 Å². The fourth-order valence-electron chi connectivity index (χ4n) is 3.10. The van der Waals surface area contributed by atoms with Gasteiger partial charge in [0.15, 0.2) is 5.03 Å². The molecule has 10 heteroatoms. The van der Waals surface area contributed by atoms with Crippen molar-refractivity contribution in [1.82, 2.24) is 13.9 Å². The average molecular weight is 420 g/mol. The number of nitrogens with zero attached hydrogens (tertiary/aromatic N) is 3. The monoisotopic (exact) mass is 420 g/mol. The molecule has 2 aromatic rings. The lowest BCUT2D eigenvalue weighted by Gasteiger charge is -2.24.